The number of halogens is 1. The van der Waals surface area contributed by atoms with E-state index in [9.17, 15) is 14.0 Å². The molecule has 1 saturated heterocycles. The maximum atomic E-state index is 13.3. The van der Waals surface area contributed by atoms with E-state index in [-0.39, 0.29) is 35.7 Å². The summed E-state index contributed by atoms with van der Waals surface area (Å²) < 4.78 is 18.7. The van der Waals surface area contributed by atoms with Crippen molar-refractivity contribution in [2.75, 3.05) is 26.7 Å². The number of rotatable bonds is 5. The summed E-state index contributed by atoms with van der Waals surface area (Å²) in [5.74, 6) is -0.0755. The minimum atomic E-state index is -0.275. The van der Waals surface area contributed by atoms with E-state index >= 15 is 0 Å². The minimum absolute atomic E-state index is 0.0162. The van der Waals surface area contributed by atoms with Crippen molar-refractivity contribution in [1.82, 2.24) is 9.80 Å². The van der Waals surface area contributed by atoms with Crippen molar-refractivity contribution in [3.05, 3.63) is 35.6 Å². The van der Waals surface area contributed by atoms with Crippen LogP contribution in [0.4, 0.5) is 4.39 Å². The summed E-state index contributed by atoms with van der Waals surface area (Å²) in [5.41, 5.74) is 0.832. The van der Waals surface area contributed by atoms with E-state index in [1.54, 1.807) is 13.2 Å². The molecule has 2 fully saturated rings. The third-order valence-corrected chi connectivity index (χ3v) is 5.82. The number of nitrogens with zero attached hydrogens (tertiary/aromatic N) is 2. The summed E-state index contributed by atoms with van der Waals surface area (Å²) >= 11 is 0. The highest BCUT2D eigenvalue weighted by Gasteiger charge is 2.40. The third kappa shape index (κ3) is 4.67. The van der Waals surface area contributed by atoms with E-state index in [2.05, 4.69) is 0 Å². The number of amides is 2. The number of ether oxygens (including phenoxy) is 1. The second-order valence-electron chi connectivity index (χ2n) is 7.66. The molecule has 0 spiro atoms. The van der Waals surface area contributed by atoms with Gasteiger partial charge in [0.15, 0.2) is 0 Å². The van der Waals surface area contributed by atoms with Gasteiger partial charge in [-0.1, -0.05) is 12.1 Å². The summed E-state index contributed by atoms with van der Waals surface area (Å²) in [6.45, 7) is 3.91. The Morgan fingerprint density at radius 1 is 1.26 bits per heavy atom. The molecule has 3 atom stereocenters. The van der Waals surface area contributed by atoms with Crippen LogP contribution < -0.4 is 0 Å². The first kappa shape index (κ1) is 19.8. The van der Waals surface area contributed by atoms with Gasteiger partial charge in [-0.3, -0.25) is 9.59 Å². The fourth-order valence-corrected chi connectivity index (χ4v) is 4.09. The zero-order valence-electron chi connectivity index (χ0n) is 16.2. The van der Waals surface area contributed by atoms with E-state index in [4.69, 9.17) is 4.74 Å². The third-order valence-electron chi connectivity index (χ3n) is 5.82. The SMILES string of the molecule is CO[C@@H]1CC[C@H]1C(=O)N1CCCN(C(=O)CCc2cccc(F)c2)C(C)C1. The van der Waals surface area contributed by atoms with Crippen LogP contribution in [0.25, 0.3) is 0 Å². The predicted octanol–water partition coefficient (Wildman–Crippen LogP) is 2.63. The molecule has 6 heteroatoms. The Morgan fingerprint density at radius 2 is 2.07 bits per heavy atom. The van der Waals surface area contributed by atoms with E-state index in [0.717, 1.165) is 24.8 Å². The normalized spacial score (nSPS) is 25.7. The van der Waals surface area contributed by atoms with Gasteiger partial charge in [-0.05, 0) is 50.3 Å². The fraction of sp³-hybridized carbons (Fsp3) is 0.619. The average molecular weight is 376 g/mol. The molecule has 1 aromatic carbocycles. The van der Waals surface area contributed by atoms with Crippen LogP contribution in [0.5, 0.6) is 0 Å². The zero-order valence-corrected chi connectivity index (χ0v) is 16.2. The molecule has 1 aromatic rings. The first-order valence-electron chi connectivity index (χ1n) is 9.85. The lowest BCUT2D eigenvalue weighted by molar-refractivity contribution is -0.148. The fourth-order valence-electron chi connectivity index (χ4n) is 4.09. The van der Waals surface area contributed by atoms with Gasteiger partial charge >= 0.3 is 0 Å². The molecule has 0 bridgehead atoms. The topological polar surface area (TPSA) is 49.9 Å². The number of hydrogen-bond acceptors (Lipinski definition) is 3. The lowest BCUT2D eigenvalue weighted by Crippen LogP contribution is -2.50. The Balaban J connectivity index is 1.55. The highest BCUT2D eigenvalue weighted by molar-refractivity contribution is 5.81. The Morgan fingerprint density at radius 3 is 2.74 bits per heavy atom. The maximum Gasteiger partial charge on any atom is 0.228 e. The number of benzene rings is 1. The van der Waals surface area contributed by atoms with Crippen molar-refractivity contribution in [3.63, 3.8) is 0 Å². The summed E-state index contributed by atoms with van der Waals surface area (Å²) in [6, 6.07) is 6.38. The molecule has 1 aliphatic carbocycles. The van der Waals surface area contributed by atoms with Gasteiger partial charge in [0.2, 0.25) is 11.8 Å². The van der Waals surface area contributed by atoms with Crippen LogP contribution >= 0.6 is 0 Å². The molecule has 1 heterocycles. The first-order valence-corrected chi connectivity index (χ1v) is 9.85. The van der Waals surface area contributed by atoms with Gasteiger partial charge in [-0.25, -0.2) is 4.39 Å². The molecular weight excluding hydrogens is 347 g/mol. The highest BCUT2D eigenvalue weighted by Crippen LogP contribution is 2.32. The molecule has 2 amide bonds. The Kier molecular flexibility index (Phi) is 6.47. The smallest absolute Gasteiger partial charge is 0.228 e. The molecule has 3 rings (SSSR count). The molecule has 27 heavy (non-hydrogen) atoms. The second-order valence-corrected chi connectivity index (χ2v) is 7.66. The van der Waals surface area contributed by atoms with Crippen molar-refractivity contribution in [2.24, 2.45) is 5.92 Å². The lowest BCUT2D eigenvalue weighted by atomic mass is 9.80. The quantitative estimate of drug-likeness (QED) is 0.794. The molecule has 0 radical (unpaired) electrons. The van der Waals surface area contributed by atoms with Crippen molar-refractivity contribution in [3.8, 4) is 0 Å². The summed E-state index contributed by atoms with van der Waals surface area (Å²) in [5, 5.41) is 0. The molecular formula is C21H29FN2O3. The van der Waals surface area contributed by atoms with E-state index in [1.165, 1.54) is 12.1 Å². The van der Waals surface area contributed by atoms with Crippen molar-refractivity contribution >= 4 is 11.8 Å². The number of methoxy groups -OCH3 is 1. The largest absolute Gasteiger partial charge is 0.381 e. The molecule has 5 nitrogen and oxygen atoms in total. The first-order chi connectivity index (χ1) is 13.0. The average Bonchev–Trinajstić information content (AvgIpc) is 2.81. The van der Waals surface area contributed by atoms with Crippen LogP contribution in [0.3, 0.4) is 0 Å². The second kappa shape index (κ2) is 8.83. The Bertz CT molecular complexity index is 679. The molecule has 2 aliphatic rings. The van der Waals surface area contributed by atoms with Crippen molar-refractivity contribution in [2.45, 2.75) is 51.2 Å². The van der Waals surface area contributed by atoms with Gasteiger partial charge < -0.3 is 14.5 Å². The van der Waals surface area contributed by atoms with Crippen LogP contribution in [-0.4, -0.2) is 60.5 Å². The number of carbonyl (C=O) groups is 2. The standard InChI is InChI=1S/C21H29FN2O3/c1-15-14-23(21(26)18-8-9-19(18)27-2)11-4-12-24(15)20(25)10-7-16-5-3-6-17(22)13-16/h3,5-6,13,15,18-19H,4,7-12,14H2,1-2H3/t15?,18-,19-/m1/s1. The van der Waals surface area contributed by atoms with E-state index in [1.807, 2.05) is 22.8 Å². The van der Waals surface area contributed by atoms with Gasteiger partial charge in [0, 0.05) is 39.2 Å². The molecule has 1 unspecified atom stereocenters. The number of hydrogen-bond donors (Lipinski definition) is 0. The van der Waals surface area contributed by atoms with Crippen LogP contribution in [0.1, 0.15) is 38.2 Å². The van der Waals surface area contributed by atoms with Crippen molar-refractivity contribution in [1.29, 1.82) is 0 Å². The van der Waals surface area contributed by atoms with E-state index < -0.39 is 0 Å². The summed E-state index contributed by atoms with van der Waals surface area (Å²) in [6.07, 6.45) is 3.54. The predicted molar refractivity (Wildman–Crippen MR) is 101 cm³/mol. The van der Waals surface area contributed by atoms with Crippen LogP contribution in [-0.2, 0) is 20.7 Å². The van der Waals surface area contributed by atoms with Crippen LogP contribution in [0.2, 0.25) is 0 Å². The molecule has 0 N–H and O–H groups in total. The van der Waals surface area contributed by atoms with Crippen LogP contribution in [0, 0.1) is 11.7 Å². The summed E-state index contributed by atoms with van der Waals surface area (Å²) in [7, 11) is 1.66. The van der Waals surface area contributed by atoms with Crippen molar-refractivity contribution < 1.29 is 18.7 Å². The molecule has 1 aliphatic heterocycles. The molecule has 1 saturated carbocycles. The van der Waals surface area contributed by atoms with Gasteiger partial charge in [0.25, 0.3) is 0 Å². The van der Waals surface area contributed by atoms with Gasteiger partial charge in [0.05, 0.1) is 12.0 Å². The summed E-state index contributed by atoms with van der Waals surface area (Å²) in [4.78, 5) is 29.3. The van der Waals surface area contributed by atoms with Gasteiger partial charge in [-0.15, -0.1) is 0 Å². The Hall–Kier alpha value is -1.95. The zero-order chi connectivity index (χ0) is 19.4. The Labute approximate surface area is 160 Å². The number of carbonyl (C=O) groups excluding carboxylic acids is 2. The van der Waals surface area contributed by atoms with E-state index in [0.29, 0.717) is 32.5 Å². The number of aryl methyl sites for hydroxylation is 1. The van der Waals surface area contributed by atoms with Gasteiger partial charge in [-0.2, -0.15) is 0 Å². The van der Waals surface area contributed by atoms with Crippen LogP contribution in [0.15, 0.2) is 24.3 Å². The lowest BCUT2D eigenvalue weighted by Gasteiger charge is -2.38. The monoisotopic (exact) mass is 376 g/mol. The highest BCUT2D eigenvalue weighted by atomic mass is 19.1. The molecule has 148 valence electrons. The maximum absolute atomic E-state index is 13.3. The molecule has 0 aromatic heterocycles. The minimum Gasteiger partial charge on any atom is -0.381 e. The van der Waals surface area contributed by atoms with Gasteiger partial charge in [0.1, 0.15) is 5.82 Å².